The molecule has 0 aliphatic carbocycles. The summed E-state index contributed by atoms with van der Waals surface area (Å²) in [6, 6.07) is 7.90. The van der Waals surface area contributed by atoms with Gasteiger partial charge < -0.3 is 10.2 Å². The van der Waals surface area contributed by atoms with Gasteiger partial charge >= 0.3 is 0 Å². The second kappa shape index (κ2) is 6.76. The Morgan fingerprint density at radius 2 is 2.05 bits per heavy atom. The van der Waals surface area contributed by atoms with Crippen LogP contribution in [-0.4, -0.2) is 24.1 Å². The van der Waals surface area contributed by atoms with Gasteiger partial charge in [0, 0.05) is 37.6 Å². The third-order valence-electron chi connectivity index (χ3n) is 3.39. The van der Waals surface area contributed by atoms with Gasteiger partial charge in [0.2, 0.25) is 0 Å². The molecule has 0 saturated carbocycles. The molecule has 0 spiro atoms. The molecule has 21 heavy (non-hydrogen) atoms. The van der Waals surface area contributed by atoms with E-state index in [1.165, 1.54) is 0 Å². The van der Waals surface area contributed by atoms with Crippen molar-refractivity contribution in [3.8, 4) is 0 Å². The fraction of sp³-hybridized carbons (Fsp3) is 0.375. The molecule has 1 heterocycles. The van der Waals surface area contributed by atoms with Crippen LogP contribution in [0.25, 0.3) is 0 Å². The standard InChI is InChI=1S/C16H21ClN4/c1-5-14-19-15(18-3)11(2)16(20-14)21(4)10-12-7-6-8-13(17)9-12/h6-9H,5,10H2,1-4H3,(H,18,19,20). The van der Waals surface area contributed by atoms with E-state index >= 15 is 0 Å². The number of hydrogen-bond donors (Lipinski definition) is 1. The van der Waals surface area contributed by atoms with Crippen LogP contribution >= 0.6 is 11.6 Å². The van der Waals surface area contributed by atoms with Crippen LogP contribution in [0, 0.1) is 6.92 Å². The third kappa shape index (κ3) is 3.64. The zero-order valence-electron chi connectivity index (χ0n) is 12.9. The summed E-state index contributed by atoms with van der Waals surface area (Å²) >= 11 is 6.05. The van der Waals surface area contributed by atoms with Crippen molar-refractivity contribution in [3.63, 3.8) is 0 Å². The van der Waals surface area contributed by atoms with Crippen LogP contribution in [0.2, 0.25) is 5.02 Å². The lowest BCUT2D eigenvalue weighted by Crippen LogP contribution is -2.20. The molecule has 112 valence electrons. The highest BCUT2D eigenvalue weighted by atomic mass is 35.5. The topological polar surface area (TPSA) is 41.1 Å². The Balaban J connectivity index is 2.32. The van der Waals surface area contributed by atoms with E-state index in [1.54, 1.807) is 0 Å². The van der Waals surface area contributed by atoms with Gasteiger partial charge in [-0.1, -0.05) is 30.7 Å². The predicted octanol–water partition coefficient (Wildman–Crippen LogP) is 3.68. The van der Waals surface area contributed by atoms with Crippen LogP contribution in [0.5, 0.6) is 0 Å². The number of anilines is 2. The molecule has 0 aliphatic rings. The van der Waals surface area contributed by atoms with Crippen molar-refractivity contribution < 1.29 is 0 Å². The molecule has 1 aromatic carbocycles. The molecule has 0 fully saturated rings. The van der Waals surface area contributed by atoms with Gasteiger partial charge in [0.1, 0.15) is 17.5 Å². The van der Waals surface area contributed by atoms with Crippen molar-refractivity contribution in [2.45, 2.75) is 26.8 Å². The average Bonchev–Trinajstić information content (AvgIpc) is 2.47. The minimum absolute atomic E-state index is 0.755. The summed E-state index contributed by atoms with van der Waals surface area (Å²) in [6.07, 6.45) is 0.812. The van der Waals surface area contributed by atoms with Crippen molar-refractivity contribution in [3.05, 3.63) is 46.2 Å². The monoisotopic (exact) mass is 304 g/mol. The number of benzene rings is 1. The number of aromatic nitrogens is 2. The van der Waals surface area contributed by atoms with Gasteiger partial charge in [-0.05, 0) is 24.6 Å². The second-order valence-electron chi connectivity index (χ2n) is 5.03. The lowest BCUT2D eigenvalue weighted by atomic mass is 10.2. The zero-order chi connectivity index (χ0) is 15.4. The smallest absolute Gasteiger partial charge is 0.137 e. The molecule has 2 rings (SSSR count). The molecule has 0 saturated heterocycles. The molecule has 1 aromatic heterocycles. The Hall–Kier alpha value is -1.81. The molecule has 5 heteroatoms. The van der Waals surface area contributed by atoms with Crippen molar-refractivity contribution in [1.29, 1.82) is 0 Å². The molecule has 0 amide bonds. The van der Waals surface area contributed by atoms with Gasteiger partial charge in [-0.15, -0.1) is 0 Å². The minimum atomic E-state index is 0.755. The normalized spacial score (nSPS) is 10.5. The Bertz CT molecular complexity index is 628. The molecular formula is C16H21ClN4. The van der Waals surface area contributed by atoms with E-state index in [0.29, 0.717) is 0 Å². The zero-order valence-corrected chi connectivity index (χ0v) is 13.7. The molecule has 0 bridgehead atoms. The fourth-order valence-electron chi connectivity index (χ4n) is 2.31. The van der Waals surface area contributed by atoms with E-state index < -0.39 is 0 Å². The lowest BCUT2D eigenvalue weighted by molar-refractivity contribution is 0.851. The van der Waals surface area contributed by atoms with Crippen LogP contribution in [0.3, 0.4) is 0 Å². The summed E-state index contributed by atoms with van der Waals surface area (Å²) in [5, 5.41) is 3.89. The van der Waals surface area contributed by atoms with E-state index in [9.17, 15) is 0 Å². The summed E-state index contributed by atoms with van der Waals surface area (Å²) in [4.78, 5) is 11.3. The highest BCUT2D eigenvalue weighted by Crippen LogP contribution is 2.24. The summed E-state index contributed by atoms with van der Waals surface area (Å²) in [6.45, 7) is 4.85. The number of halogens is 1. The third-order valence-corrected chi connectivity index (χ3v) is 3.62. The largest absolute Gasteiger partial charge is 0.373 e. The number of hydrogen-bond acceptors (Lipinski definition) is 4. The molecule has 0 unspecified atom stereocenters. The van der Waals surface area contributed by atoms with Crippen LogP contribution < -0.4 is 10.2 Å². The van der Waals surface area contributed by atoms with Gasteiger partial charge in [-0.25, -0.2) is 9.97 Å². The first-order chi connectivity index (χ1) is 10.0. The van der Waals surface area contributed by atoms with Crippen molar-refractivity contribution in [1.82, 2.24) is 9.97 Å². The molecule has 0 aliphatic heterocycles. The van der Waals surface area contributed by atoms with Crippen LogP contribution in [-0.2, 0) is 13.0 Å². The molecule has 2 aromatic rings. The van der Waals surface area contributed by atoms with Crippen LogP contribution in [0.1, 0.15) is 23.9 Å². The highest BCUT2D eigenvalue weighted by molar-refractivity contribution is 6.30. The maximum atomic E-state index is 6.05. The fourth-order valence-corrected chi connectivity index (χ4v) is 2.52. The number of rotatable bonds is 5. The van der Waals surface area contributed by atoms with Gasteiger partial charge in [0.25, 0.3) is 0 Å². The maximum absolute atomic E-state index is 6.05. The Kier molecular flexibility index (Phi) is 5.02. The molecule has 4 nitrogen and oxygen atoms in total. The summed E-state index contributed by atoms with van der Waals surface area (Å²) in [7, 11) is 3.92. The van der Waals surface area contributed by atoms with Crippen molar-refractivity contribution in [2.75, 3.05) is 24.3 Å². The molecule has 1 N–H and O–H groups in total. The molecule has 0 atom stereocenters. The first-order valence-electron chi connectivity index (χ1n) is 7.06. The minimum Gasteiger partial charge on any atom is -0.373 e. The SMILES string of the molecule is CCc1nc(NC)c(C)c(N(C)Cc2cccc(Cl)c2)n1. The van der Waals surface area contributed by atoms with E-state index in [1.807, 2.05) is 39.2 Å². The average molecular weight is 305 g/mol. The second-order valence-corrected chi connectivity index (χ2v) is 5.46. The van der Waals surface area contributed by atoms with E-state index in [0.717, 1.165) is 46.6 Å². The van der Waals surface area contributed by atoms with Crippen molar-refractivity contribution in [2.24, 2.45) is 0 Å². The van der Waals surface area contributed by atoms with Gasteiger partial charge in [-0.3, -0.25) is 0 Å². The van der Waals surface area contributed by atoms with Crippen LogP contribution in [0.4, 0.5) is 11.6 Å². The first-order valence-corrected chi connectivity index (χ1v) is 7.43. The lowest BCUT2D eigenvalue weighted by Gasteiger charge is -2.22. The first kappa shape index (κ1) is 15.6. The van der Waals surface area contributed by atoms with E-state index in [-0.39, 0.29) is 0 Å². The van der Waals surface area contributed by atoms with Crippen molar-refractivity contribution >= 4 is 23.2 Å². The van der Waals surface area contributed by atoms with E-state index in [2.05, 4.69) is 33.2 Å². The van der Waals surface area contributed by atoms with Gasteiger partial charge in [-0.2, -0.15) is 0 Å². The van der Waals surface area contributed by atoms with Crippen LogP contribution in [0.15, 0.2) is 24.3 Å². The summed E-state index contributed by atoms with van der Waals surface area (Å²) in [5.74, 6) is 2.68. The highest BCUT2D eigenvalue weighted by Gasteiger charge is 2.13. The number of aryl methyl sites for hydroxylation is 1. The summed E-state index contributed by atoms with van der Waals surface area (Å²) < 4.78 is 0. The van der Waals surface area contributed by atoms with E-state index in [4.69, 9.17) is 11.6 Å². The Morgan fingerprint density at radius 3 is 2.67 bits per heavy atom. The van der Waals surface area contributed by atoms with Gasteiger partial charge in [0.15, 0.2) is 0 Å². The molecule has 0 radical (unpaired) electrons. The number of nitrogens with one attached hydrogen (secondary N) is 1. The summed E-state index contributed by atoms with van der Waals surface area (Å²) in [5.41, 5.74) is 2.21. The quantitative estimate of drug-likeness (QED) is 0.915. The number of nitrogens with zero attached hydrogens (tertiary/aromatic N) is 3. The Labute approximate surface area is 131 Å². The molecular weight excluding hydrogens is 284 g/mol. The van der Waals surface area contributed by atoms with Gasteiger partial charge in [0.05, 0.1) is 0 Å². The predicted molar refractivity (Wildman–Crippen MR) is 89.3 cm³/mol. The maximum Gasteiger partial charge on any atom is 0.137 e. The Morgan fingerprint density at radius 1 is 1.29 bits per heavy atom.